The van der Waals surface area contributed by atoms with E-state index in [1.807, 2.05) is 13.8 Å². The molecule has 1 aliphatic rings. The number of hydrogen-bond acceptors (Lipinski definition) is 7. The molecule has 238 valence electrons. The minimum Gasteiger partial charge on any atom is -0.490 e. The molecule has 1 heterocycles. The van der Waals surface area contributed by atoms with Crippen LogP contribution in [0.5, 0.6) is 5.75 Å². The first-order chi connectivity index (χ1) is 20.3. The van der Waals surface area contributed by atoms with E-state index < -0.39 is 39.9 Å². The van der Waals surface area contributed by atoms with Crippen LogP contribution in [0, 0.1) is 11.7 Å². The molecule has 0 radical (unpaired) electrons. The fraction of sp³-hybridized carbons (Fsp3) is 0.533. The van der Waals surface area contributed by atoms with Crippen molar-refractivity contribution < 1.29 is 37.0 Å². The summed E-state index contributed by atoms with van der Waals surface area (Å²) in [4.78, 5) is 28.3. The third kappa shape index (κ3) is 10.2. The number of benzene rings is 2. The summed E-state index contributed by atoms with van der Waals surface area (Å²) in [6.45, 7) is 5.90. The van der Waals surface area contributed by atoms with Gasteiger partial charge in [-0.25, -0.2) is 21.9 Å². The van der Waals surface area contributed by atoms with Crippen molar-refractivity contribution in [1.82, 2.24) is 9.21 Å². The minimum absolute atomic E-state index is 0.114. The Morgan fingerprint density at radius 3 is 2.44 bits per heavy atom. The maximum absolute atomic E-state index is 14.1. The lowest BCUT2D eigenvalue weighted by Crippen LogP contribution is -2.47. The van der Waals surface area contributed by atoms with Crippen molar-refractivity contribution in [2.75, 3.05) is 50.2 Å². The summed E-state index contributed by atoms with van der Waals surface area (Å²) in [7, 11) is -1.96. The Hall–Kier alpha value is -3.26. The van der Waals surface area contributed by atoms with Crippen LogP contribution < -0.4 is 15.4 Å². The highest BCUT2D eigenvalue weighted by Gasteiger charge is 2.31. The summed E-state index contributed by atoms with van der Waals surface area (Å²) in [6, 6.07) is 8.91. The first kappa shape index (κ1) is 34.2. The molecule has 0 saturated heterocycles. The van der Waals surface area contributed by atoms with Gasteiger partial charge >= 0.3 is 6.03 Å². The van der Waals surface area contributed by atoms with E-state index >= 15 is 0 Å². The Morgan fingerprint density at radius 2 is 1.79 bits per heavy atom. The van der Waals surface area contributed by atoms with E-state index in [4.69, 9.17) is 9.47 Å². The zero-order valence-corrected chi connectivity index (χ0v) is 26.2. The van der Waals surface area contributed by atoms with Gasteiger partial charge in [0.2, 0.25) is 10.0 Å². The standard InChI is InChI=1S/C30H43FN4O7S/c1-20-17-35(21(2)19-36)29(37)26-16-25(33-30(38)32-24-11-9-23(31)10-12-24)13-14-27(26)42-22(3)8-6-7-15-41-28(20)18-34(4)43(5,39)40/h9-14,16,20-22,28,36H,6-8,15,17-19H2,1-5H3,(H2,32,33,38)/t20-,21+,22+,28-/m0/s1. The zero-order valence-electron chi connectivity index (χ0n) is 25.4. The number of aliphatic hydroxyl groups excluding tert-OH is 1. The maximum atomic E-state index is 14.1. The lowest BCUT2D eigenvalue weighted by Gasteiger charge is -2.35. The van der Waals surface area contributed by atoms with Crippen LogP contribution >= 0.6 is 0 Å². The third-order valence-electron chi connectivity index (χ3n) is 7.41. The Balaban J connectivity index is 1.94. The van der Waals surface area contributed by atoms with E-state index in [-0.39, 0.29) is 37.3 Å². The van der Waals surface area contributed by atoms with Crippen molar-refractivity contribution in [3.05, 3.63) is 53.8 Å². The molecule has 3 rings (SSSR count). The average Bonchev–Trinajstić information content (AvgIpc) is 2.95. The monoisotopic (exact) mass is 622 g/mol. The number of carbonyl (C=O) groups is 2. The Kier molecular flexibility index (Phi) is 12.3. The quantitative estimate of drug-likeness (QED) is 0.422. The fourth-order valence-electron chi connectivity index (χ4n) is 4.68. The molecule has 11 nitrogen and oxygen atoms in total. The SMILES string of the molecule is C[C@@H]1CCCCO[C@@H](CN(C)S(C)(=O)=O)[C@@H](C)CN([C@H](C)CO)C(=O)c2cc(NC(=O)Nc3ccc(F)cc3)ccc2O1. The summed E-state index contributed by atoms with van der Waals surface area (Å²) >= 11 is 0. The predicted molar refractivity (Wildman–Crippen MR) is 163 cm³/mol. The van der Waals surface area contributed by atoms with Crippen LogP contribution in [0.25, 0.3) is 0 Å². The van der Waals surface area contributed by atoms with Gasteiger partial charge in [-0.05, 0) is 75.6 Å². The first-order valence-corrected chi connectivity index (χ1v) is 16.2. The molecule has 0 bridgehead atoms. The number of aliphatic hydroxyl groups is 1. The maximum Gasteiger partial charge on any atom is 0.323 e. The minimum atomic E-state index is -3.46. The van der Waals surface area contributed by atoms with Gasteiger partial charge in [-0.3, -0.25) is 4.79 Å². The van der Waals surface area contributed by atoms with E-state index in [0.29, 0.717) is 30.2 Å². The van der Waals surface area contributed by atoms with E-state index in [1.165, 1.54) is 46.6 Å². The van der Waals surface area contributed by atoms with Gasteiger partial charge in [-0.2, -0.15) is 0 Å². The third-order valence-corrected chi connectivity index (χ3v) is 8.70. The Labute approximate surface area is 253 Å². The molecule has 2 aromatic carbocycles. The van der Waals surface area contributed by atoms with E-state index in [9.17, 15) is 27.5 Å². The Bertz CT molecular complexity index is 1340. The smallest absolute Gasteiger partial charge is 0.323 e. The molecule has 0 saturated carbocycles. The average molecular weight is 623 g/mol. The molecular weight excluding hydrogens is 579 g/mol. The summed E-state index contributed by atoms with van der Waals surface area (Å²) in [6.07, 6.45) is 2.63. The number of nitrogens with zero attached hydrogens (tertiary/aromatic N) is 2. The summed E-state index contributed by atoms with van der Waals surface area (Å²) in [5.74, 6) is -0.811. The van der Waals surface area contributed by atoms with Crippen LogP contribution in [0.15, 0.2) is 42.5 Å². The molecule has 3 amide bonds. The second kappa shape index (κ2) is 15.5. The highest BCUT2D eigenvalue weighted by molar-refractivity contribution is 7.88. The van der Waals surface area contributed by atoms with Gasteiger partial charge in [0, 0.05) is 44.0 Å². The van der Waals surface area contributed by atoms with E-state index in [0.717, 1.165) is 19.1 Å². The number of fused-ring (bicyclic) bond motifs is 1. The number of carbonyl (C=O) groups excluding carboxylic acids is 2. The topological polar surface area (TPSA) is 138 Å². The van der Waals surface area contributed by atoms with Crippen molar-refractivity contribution >= 4 is 33.3 Å². The van der Waals surface area contributed by atoms with Crippen molar-refractivity contribution in [2.24, 2.45) is 5.92 Å². The van der Waals surface area contributed by atoms with Crippen molar-refractivity contribution in [1.29, 1.82) is 0 Å². The van der Waals surface area contributed by atoms with E-state index in [1.54, 1.807) is 19.1 Å². The molecule has 3 N–H and O–H groups in total. The summed E-state index contributed by atoms with van der Waals surface area (Å²) in [5, 5.41) is 15.4. The number of likely N-dealkylation sites (N-methyl/N-ethyl adjacent to an activating group) is 1. The number of ether oxygens (including phenoxy) is 2. The molecule has 4 atom stereocenters. The Morgan fingerprint density at radius 1 is 1.14 bits per heavy atom. The van der Waals surface area contributed by atoms with Gasteiger partial charge in [0.25, 0.3) is 5.91 Å². The van der Waals surface area contributed by atoms with Crippen LogP contribution in [0.2, 0.25) is 0 Å². The zero-order chi connectivity index (χ0) is 31.7. The van der Waals surface area contributed by atoms with Crippen molar-refractivity contribution in [3.63, 3.8) is 0 Å². The van der Waals surface area contributed by atoms with E-state index in [2.05, 4.69) is 10.6 Å². The van der Waals surface area contributed by atoms with Crippen molar-refractivity contribution in [2.45, 2.75) is 58.3 Å². The number of amides is 3. The molecule has 43 heavy (non-hydrogen) atoms. The molecule has 2 aromatic rings. The number of urea groups is 1. The second-order valence-corrected chi connectivity index (χ2v) is 13.2. The molecule has 0 spiro atoms. The number of halogens is 1. The van der Waals surface area contributed by atoms with Gasteiger partial charge in [0.05, 0.1) is 36.7 Å². The number of nitrogens with one attached hydrogen (secondary N) is 2. The van der Waals surface area contributed by atoms with Crippen LogP contribution in [0.3, 0.4) is 0 Å². The summed E-state index contributed by atoms with van der Waals surface area (Å²) in [5.41, 5.74) is 0.909. The van der Waals surface area contributed by atoms with Crippen LogP contribution in [-0.4, -0.2) is 92.5 Å². The largest absolute Gasteiger partial charge is 0.490 e. The van der Waals surface area contributed by atoms with Gasteiger partial charge in [0.1, 0.15) is 11.6 Å². The normalized spacial score (nSPS) is 21.3. The van der Waals surface area contributed by atoms with Crippen molar-refractivity contribution in [3.8, 4) is 5.75 Å². The molecule has 0 unspecified atom stereocenters. The highest BCUT2D eigenvalue weighted by atomic mass is 32.2. The molecule has 0 fully saturated rings. The molecule has 1 aliphatic heterocycles. The second-order valence-electron chi connectivity index (χ2n) is 11.1. The predicted octanol–water partition coefficient (Wildman–Crippen LogP) is 4.16. The number of sulfonamides is 1. The van der Waals surface area contributed by atoms with Crippen LogP contribution in [0.1, 0.15) is 50.4 Å². The lowest BCUT2D eigenvalue weighted by atomic mass is 10.0. The van der Waals surface area contributed by atoms with Crippen LogP contribution in [0.4, 0.5) is 20.6 Å². The van der Waals surface area contributed by atoms with Gasteiger partial charge < -0.3 is 30.1 Å². The lowest BCUT2D eigenvalue weighted by molar-refractivity contribution is -0.00828. The molecular formula is C30H43FN4O7S. The number of hydrogen-bond donors (Lipinski definition) is 3. The molecule has 13 heteroatoms. The van der Waals surface area contributed by atoms with Crippen LogP contribution in [-0.2, 0) is 14.8 Å². The number of rotatable bonds is 7. The highest BCUT2D eigenvalue weighted by Crippen LogP contribution is 2.28. The summed E-state index contributed by atoms with van der Waals surface area (Å²) < 4.78 is 51.1. The van der Waals surface area contributed by atoms with Gasteiger partial charge in [0.15, 0.2) is 0 Å². The van der Waals surface area contributed by atoms with Gasteiger partial charge in [-0.15, -0.1) is 0 Å². The molecule has 0 aromatic heterocycles. The fourth-order valence-corrected chi connectivity index (χ4v) is 5.10. The first-order valence-electron chi connectivity index (χ1n) is 14.4. The number of anilines is 2. The van der Waals surface area contributed by atoms with Gasteiger partial charge in [-0.1, -0.05) is 6.92 Å². The molecule has 0 aliphatic carbocycles.